The van der Waals surface area contributed by atoms with Crippen LogP contribution in [0.5, 0.6) is 11.5 Å². The van der Waals surface area contributed by atoms with Crippen LogP contribution in [0.2, 0.25) is 0 Å². The highest BCUT2D eigenvalue weighted by molar-refractivity contribution is 6.33. The number of ether oxygens (including phenoxy) is 2. The Balaban J connectivity index is 1.51. The molecule has 0 aromatic heterocycles. The molecule has 7 nitrogen and oxygen atoms in total. The summed E-state index contributed by atoms with van der Waals surface area (Å²) in [6.07, 6.45) is 1.77. The minimum Gasteiger partial charge on any atom is -0.493 e. The Morgan fingerprint density at radius 1 is 1.00 bits per heavy atom. The van der Waals surface area contributed by atoms with Crippen LogP contribution in [0.15, 0.2) is 89.5 Å². The van der Waals surface area contributed by atoms with Crippen molar-refractivity contribution in [2.45, 2.75) is 0 Å². The van der Waals surface area contributed by atoms with Crippen LogP contribution in [-0.2, 0) is 9.59 Å². The van der Waals surface area contributed by atoms with Gasteiger partial charge in [0.25, 0.3) is 11.8 Å². The molecule has 0 saturated carbocycles. The SMILES string of the molecule is COc1cc(/C=C2\C(=O)N(C)N=C2c2ccccc2)ccc1OCC(=O)Nc1ccccc1. The van der Waals surface area contributed by atoms with Crippen molar-refractivity contribution in [1.29, 1.82) is 0 Å². The first-order chi connectivity index (χ1) is 16.0. The van der Waals surface area contributed by atoms with Crippen molar-refractivity contribution in [3.8, 4) is 11.5 Å². The number of nitrogens with one attached hydrogen (secondary N) is 1. The van der Waals surface area contributed by atoms with Crippen molar-refractivity contribution in [2.24, 2.45) is 5.10 Å². The van der Waals surface area contributed by atoms with E-state index in [0.29, 0.717) is 28.5 Å². The molecule has 1 aliphatic heterocycles. The van der Waals surface area contributed by atoms with E-state index in [0.717, 1.165) is 11.1 Å². The Morgan fingerprint density at radius 3 is 2.39 bits per heavy atom. The summed E-state index contributed by atoms with van der Waals surface area (Å²) in [4.78, 5) is 24.9. The molecule has 33 heavy (non-hydrogen) atoms. The first-order valence-electron chi connectivity index (χ1n) is 10.3. The molecule has 7 heteroatoms. The molecule has 3 aromatic carbocycles. The van der Waals surface area contributed by atoms with Crippen LogP contribution in [0.25, 0.3) is 6.08 Å². The summed E-state index contributed by atoms with van der Waals surface area (Å²) < 4.78 is 11.1. The molecule has 1 aliphatic rings. The molecule has 0 spiro atoms. The summed E-state index contributed by atoms with van der Waals surface area (Å²) >= 11 is 0. The first kappa shape index (κ1) is 21.8. The van der Waals surface area contributed by atoms with Gasteiger partial charge in [-0.1, -0.05) is 54.6 Å². The number of anilines is 1. The van der Waals surface area contributed by atoms with Crippen molar-refractivity contribution in [3.63, 3.8) is 0 Å². The number of hydrogen-bond donors (Lipinski definition) is 1. The smallest absolute Gasteiger partial charge is 0.276 e. The Morgan fingerprint density at radius 2 is 1.70 bits per heavy atom. The molecule has 0 atom stereocenters. The highest BCUT2D eigenvalue weighted by Crippen LogP contribution is 2.30. The standard InChI is InChI=1S/C26H23N3O4/c1-29-26(31)21(25(28-29)19-9-5-3-6-10-19)15-18-13-14-22(23(16-18)32-2)33-17-24(30)27-20-11-7-4-8-12-20/h3-16H,17H2,1-2H3,(H,27,30)/b21-15-. The predicted molar refractivity (Wildman–Crippen MR) is 127 cm³/mol. The molecule has 0 saturated heterocycles. The highest BCUT2D eigenvalue weighted by Gasteiger charge is 2.28. The summed E-state index contributed by atoms with van der Waals surface area (Å²) in [5.74, 6) is 0.409. The number of nitrogens with zero attached hydrogens (tertiary/aromatic N) is 2. The molecule has 1 N–H and O–H groups in total. The molecule has 0 fully saturated rings. The van der Waals surface area contributed by atoms with Crippen molar-refractivity contribution in [3.05, 3.63) is 95.6 Å². The molecule has 3 aromatic rings. The van der Waals surface area contributed by atoms with Gasteiger partial charge in [-0.3, -0.25) is 9.59 Å². The summed E-state index contributed by atoms with van der Waals surface area (Å²) in [5, 5.41) is 8.49. The fourth-order valence-electron chi connectivity index (χ4n) is 3.39. The average molecular weight is 441 g/mol. The second-order valence-corrected chi connectivity index (χ2v) is 7.31. The third kappa shape index (κ3) is 5.10. The highest BCUT2D eigenvalue weighted by atomic mass is 16.5. The maximum atomic E-state index is 12.7. The molecule has 0 unspecified atom stereocenters. The molecule has 4 rings (SSSR count). The third-order valence-corrected chi connectivity index (χ3v) is 4.99. The van der Waals surface area contributed by atoms with Crippen molar-refractivity contribution in [2.75, 3.05) is 26.1 Å². The number of hydrazone groups is 1. The summed E-state index contributed by atoms with van der Waals surface area (Å²) in [7, 11) is 3.15. The van der Waals surface area contributed by atoms with E-state index in [1.165, 1.54) is 12.1 Å². The van der Waals surface area contributed by atoms with Crippen LogP contribution in [0, 0.1) is 0 Å². The van der Waals surface area contributed by atoms with Gasteiger partial charge in [-0.25, -0.2) is 5.01 Å². The zero-order valence-electron chi connectivity index (χ0n) is 18.3. The zero-order valence-corrected chi connectivity index (χ0v) is 18.3. The number of carbonyl (C=O) groups excluding carboxylic acids is 2. The van der Waals surface area contributed by atoms with Crippen LogP contribution in [0.1, 0.15) is 11.1 Å². The number of carbonyl (C=O) groups is 2. The number of likely N-dealkylation sites (N-methyl/N-ethyl adjacent to an activating group) is 1. The van der Waals surface area contributed by atoms with E-state index in [1.807, 2.05) is 48.5 Å². The molecule has 2 amide bonds. The quantitative estimate of drug-likeness (QED) is 0.563. The number of hydrogen-bond acceptors (Lipinski definition) is 5. The lowest BCUT2D eigenvalue weighted by molar-refractivity contribution is -0.124. The van der Waals surface area contributed by atoms with E-state index in [9.17, 15) is 9.59 Å². The molecule has 0 aliphatic carbocycles. The van der Waals surface area contributed by atoms with Gasteiger partial charge in [0.2, 0.25) is 0 Å². The van der Waals surface area contributed by atoms with Gasteiger partial charge >= 0.3 is 0 Å². The Kier molecular flexibility index (Phi) is 6.50. The Hall–Kier alpha value is -4.39. The van der Waals surface area contributed by atoms with Crippen LogP contribution in [0.4, 0.5) is 5.69 Å². The van der Waals surface area contributed by atoms with Crippen molar-refractivity contribution in [1.82, 2.24) is 5.01 Å². The number of para-hydroxylation sites is 1. The molecular formula is C26H23N3O4. The Labute approximate surface area is 191 Å². The zero-order chi connectivity index (χ0) is 23.2. The maximum Gasteiger partial charge on any atom is 0.276 e. The van der Waals surface area contributed by atoms with Crippen LogP contribution < -0.4 is 14.8 Å². The van der Waals surface area contributed by atoms with E-state index in [4.69, 9.17) is 9.47 Å². The van der Waals surface area contributed by atoms with E-state index in [1.54, 1.807) is 43.5 Å². The number of benzene rings is 3. The van der Waals surface area contributed by atoms with Gasteiger partial charge in [-0.15, -0.1) is 0 Å². The number of rotatable bonds is 7. The molecule has 0 radical (unpaired) electrons. The van der Waals surface area contributed by atoms with Gasteiger partial charge < -0.3 is 14.8 Å². The van der Waals surface area contributed by atoms with Gasteiger partial charge in [0.05, 0.1) is 12.7 Å². The number of methoxy groups -OCH3 is 1. The summed E-state index contributed by atoms with van der Waals surface area (Å²) in [6.45, 7) is -0.167. The van der Waals surface area contributed by atoms with Crippen LogP contribution in [0.3, 0.4) is 0 Å². The van der Waals surface area contributed by atoms with E-state index in [2.05, 4.69) is 10.4 Å². The summed E-state index contributed by atoms with van der Waals surface area (Å²) in [6, 6.07) is 24.0. The van der Waals surface area contributed by atoms with Gasteiger partial charge in [0, 0.05) is 18.3 Å². The van der Waals surface area contributed by atoms with Gasteiger partial charge in [-0.05, 0) is 35.9 Å². The van der Waals surface area contributed by atoms with E-state index in [-0.39, 0.29) is 18.4 Å². The molecule has 166 valence electrons. The maximum absolute atomic E-state index is 12.7. The predicted octanol–water partition coefficient (Wildman–Crippen LogP) is 3.97. The topological polar surface area (TPSA) is 80.2 Å². The lowest BCUT2D eigenvalue weighted by Gasteiger charge is -2.12. The van der Waals surface area contributed by atoms with Gasteiger partial charge in [0.15, 0.2) is 18.1 Å². The van der Waals surface area contributed by atoms with Crippen LogP contribution >= 0.6 is 0 Å². The normalized spacial score (nSPS) is 14.2. The van der Waals surface area contributed by atoms with Gasteiger partial charge in [-0.2, -0.15) is 5.10 Å². The third-order valence-electron chi connectivity index (χ3n) is 4.99. The van der Waals surface area contributed by atoms with E-state index < -0.39 is 0 Å². The van der Waals surface area contributed by atoms with E-state index >= 15 is 0 Å². The monoisotopic (exact) mass is 441 g/mol. The molecule has 0 bridgehead atoms. The van der Waals surface area contributed by atoms with Crippen molar-refractivity contribution >= 4 is 29.3 Å². The second kappa shape index (κ2) is 9.82. The molecular weight excluding hydrogens is 418 g/mol. The van der Waals surface area contributed by atoms with Crippen molar-refractivity contribution < 1.29 is 19.1 Å². The van der Waals surface area contributed by atoms with Crippen LogP contribution in [-0.4, -0.2) is 43.3 Å². The summed E-state index contributed by atoms with van der Waals surface area (Å²) in [5.41, 5.74) is 3.40. The fourth-order valence-corrected chi connectivity index (χ4v) is 3.39. The fraction of sp³-hybridized carbons (Fsp3) is 0.115. The minimum atomic E-state index is -0.280. The number of amides is 2. The van der Waals surface area contributed by atoms with Gasteiger partial charge in [0.1, 0.15) is 5.71 Å². The lowest BCUT2D eigenvalue weighted by Crippen LogP contribution is -2.20. The largest absolute Gasteiger partial charge is 0.493 e. The Bertz CT molecular complexity index is 1220. The molecule has 1 heterocycles. The second-order valence-electron chi connectivity index (χ2n) is 7.31. The lowest BCUT2D eigenvalue weighted by atomic mass is 10.0. The first-order valence-corrected chi connectivity index (χ1v) is 10.3. The average Bonchev–Trinajstić information content (AvgIpc) is 3.12. The minimum absolute atomic E-state index is 0.167.